The molecular formula is C15H13BrFN3O. The normalized spacial score (nSPS) is 11.2. The minimum Gasteiger partial charge on any atom is -0.399 e. The molecular weight excluding hydrogens is 337 g/mol. The van der Waals surface area contributed by atoms with Crippen LogP contribution in [-0.2, 0) is 6.61 Å². The lowest BCUT2D eigenvalue weighted by Crippen LogP contribution is -2.04. The summed E-state index contributed by atoms with van der Waals surface area (Å²) in [5.41, 5.74) is 9.31. The van der Waals surface area contributed by atoms with Crippen LogP contribution in [0.5, 0.6) is 0 Å². The minimum absolute atomic E-state index is 0.244. The molecule has 3 N–H and O–H groups in total. The highest BCUT2D eigenvalue weighted by atomic mass is 79.9. The number of rotatable bonds is 2. The van der Waals surface area contributed by atoms with Gasteiger partial charge < -0.3 is 10.8 Å². The SMILES string of the molecule is Cc1cc(Br)c(F)cc1-n1c(CO)nc2cc(N)ccc21. The molecule has 0 unspecified atom stereocenters. The first kappa shape index (κ1) is 14.0. The Bertz CT molecular complexity index is 845. The van der Waals surface area contributed by atoms with Crippen LogP contribution in [0, 0.1) is 12.7 Å². The number of halogens is 2. The van der Waals surface area contributed by atoms with Crippen molar-refractivity contribution in [2.24, 2.45) is 0 Å². The molecule has 0 spiro atoms. The number of imidazole rings is 1. The van der Waals surface area contributed by atoms with Crippen LogP contribution in [0.4, 0.5) is 10.1 Å². The van der Waals surface area contributed by atoms with Gasteiger partial charge in [0, 0.05) is 5.69 Å². The van der Waals surface area contributed by atoms with Crippen LogP contribution in [-0.4, -0.2) is 14.7 Å². The third-order valence-corrected chi connectivity index (χ3v) is 3.98. The molecule has 4 nitrogen and oxygen atoms in total. The van der Waals surface area contributed by atoms with Gasteiger partial charge in [-0.05, 0) is 58.7 Å². The number of fused-ring (bicyclic) bond motifs is 1. The Kier molecular flexibility index (Phi) is 3.43. The number of nitrogens with zero attached hydrogens (tertiary/aromatic N) is 2. The number of aryl methyl sites for hydroxylation is 1. The number of nitrogens with two attached hydrogens (primary N) is 1. The van der Waals surface area contributed by atoms with Crippen LogP contribution in [0.1, 0.15) is 11.4 Å². The van der Waals surface area contributed by atoms with Gasteiger partial charge in [-0.3, -0.25) is 4.57 Å². The third kappa shape index (κ3) is 2.30. The van der Waals surface area contributed by atoms with Crippen LogP contribution in [0.2, 0.25) is 0 Å². The fourth-order valence-electron chi connectivity index (χ4n) is 2.40. The van der Waals surface area contributed by atoms with Gasteiger partial charge in [-0.15, -0.1) is 0 Å². The molecule has 0 amide bonds. The quantitative estimate of drug-likeness (QED) is 0.697. The molecule has 3 rings (SSSR count). The largest absolute Gasteiger partial charge is 0.399 e. The number of nitrogen functional groups attached to an aromatic ring is 1. The summed E-state index contributed by atoms with van der Waals surface area (Å²) in [5, 5.41) is 9.55. The van der Waals surface area contributed by atoms with Gasteiger partial charge in [-0.25, -0.2) is 9.37 Å². The highest BCUT2D eigenvalue weighted by molar-refractivity contribution is 9.10. The Hall–Kier alpha value is -1.92. The number of anilines is 1. The van der Waals surface area contributed by atoms with Crippen molar-refractivity contribution in [2.45, 2.75) is 13.5 Å². The molecule has 1 heterocycles. The molecule has 108 valence electrons. The number of hydrogen-bond donors (Lipinski definition) is 2. The van der Waals surface area contributed by atoms with Crippen molar-refractivity contribution < 1.29 is 9.50 Å². The van der Waals surface area contributed by atoms with Gasteiger partial charge in [-0.1, -0.05) is 0 Å². The lowest BCUT2D eigenvalue weighted by atomic mass is 10.2. The van der Waals surface area contributed by atoms with Gasteiger partial charge in [0.2, 0.25) is 0 Å². The van der Waals surface area contributed by atoms with Crippen LogP contribution in [0.3, 0.4) is 0 Å². The zero-order chi connectivity index (χ0) is 15.1. The second kappa shape index (κ2) is 5.13. The smallest absolute Gasteiger partial charge is 0.140 e. The molecule has 0 aliphatic rings. The second-order valence-corrected chi connectivity index (χ2v) is 5.68. The fraction of sp³-hybridized carbons (Fsp3) is 0.133. The molecule has 21 heavy (non-hydrogen) atoms. The second-order valence-electron chi connectivity index (χ2n) is 4.82. The molecule has 1 aromatic heterocycles. The lowest BCUT2D eigenvalue weighted by molar-refractivity contribution is 0.270. The van der Waals surface area contributed by atoms with Crippen LogP contribution in [0.25, 0.3) is 16.7 Å². The summed E-state index contributed by atoms with van der Waals surface area (Å²) in [4.78, 5) is 4.36. The fourth-order valence-corrected chi connectivity index (χ4v) is 2.86. The minimum atomic E-state index is -0.364. The standard InChI is InChI=1S/C15H13BrFN3O/c1-8-4-10(16)11(17)6-14(8)20-13-3-2-9(18)5-12(13)19-15(20)7-21/h2-6,21H,7,18H2,1H3. The maximum Gasteiger partial charge on any atom is 0.140 e. The van der Waals surface area contributed by atoms with Gasteiger partial charge in [0.1, 0.15) is 18.2 Å². The Morgan fingerprint density at radius 1 is 1.33 bits per heavy atom. The van der Waals surface area contributed by atoms with Crippen molar-refractivity contribution in [1.29, 1.82) is 0 Å². The maximum atomic E-state index is 13.9. The van der Waals surface area contributed by atoms with Gasteiger partial charge in [-0.2, -0.15) is 0 Å². The van der Waals surface area contributed by atoms with Crippen molar-refractivity contribution in [2.75, 3.05) is 5.73 Å². The number of aromatic nitrogens is 2. The first-order valence-electron chi connectivity index (χ1n) is 6.35. The van der Waals surface area contributed by atoms with Crippen molar-refractivity contribution in [3.8, 4) is 5.69 Å². The zero-order valence-corrected chi connectivity index (χ0v) is 12.9. The number of benzene rings is 2. The van der Waals surface area contributed by atoms with E-state index in [1.807, 2.05) is 13.0 Å². The van der Waals surface area contributed by atoms with E-state index in [1.165, 1.54) is 6.07 Å². The molecule has 2 aromatic carbocycles. The predicted octanol–water partition coefficient (Wildman–Crippen LogP) is 3.31. The Balaban J connectivity index is 2.36. The monoisotopic (exact) mass is 349 g/mol. The van der Waals surface area contributed by atoms with Crippen molar-refractivity contribution in [1.82, 2.24) is 9.55 Å². The third-order valence-electron chi connectivity index (χ3n) is 3.37. The Morgan fingerprint density at radius 3 is 2.81 bits per heavy atom. The highest BCUT2D eigenvalue weighted by Crippen LogP contribution is 2.28. The summed E-state index contributed by atoms with van der Waals surface area (Å²) in [6.45, 7) is 1.63. The summed E-state index contributed by atoms with van der Waals surface area (Å²) in [5.74, 6) is 0.0807. The molecule has 0 aliphatic heterocycles. The van der Waals surface area contributed by atoms with E-state index in [0.717, 1.165) is 11.1 Å². The van der Waals surface area contributed by atoms with E-state index in [4.69, 9.17) is 5.73 Å². The zero-order valence-electron chi connectivity index (χ0n) is 11.3. The Labute approximate surface area is 129 Å². The van der Waals surface area contributed by atoms with Crippen molar-refractivity contribution in [3.63, 3.8) is 0 Å². The molecule has 6 heteroatoms. The van der Waals surface area contributed by atoms with E-state index in [2.05, 4.69) is 20.9 Å². The average Bonchev–Trinajstić information content (AvgIpc) is 2.80. The maximum absolute atomic E-state index is 13.9. The molecule has 0 fully saturated rings. The number of hydrogen-bond acceptors (Lipinski definition) is 3. The molecule has 0 aliphatic carbocycles. The van der Waals surface area contributed by atoms with Crippen LogP contribution < -0.4 is 5.73 Å². The summed E-state index contributed by atoms with van der Waals surface area (Å²) in [6, 6.07) is 8.43. The van der Waals surface area contributed by atoms with Gasteiger partial charge >= 0.3 is 0 Å². The number of aliphatic hydroxyl groups excluding tert-OH is 1. The topological polar surface area (TPSA) is 64.1 Å². The van der Waals surface area contributed by atoms with Crippen molar-refractivity contribution in [3.05, 3.63) is 52.0 Å². The molecule has 3 aromatic rings. The van der Waals surface area contributed by atoms with Crippen molar-refractivity contribution >= 4 is 32.7 Å². The molecule has 0 atom stereocenters. The van der Waals surface area contributed by atoms with E-state index < -0.39 is 0 Å². The summed E-state index contributed by atoms with van der Waals surface area (Å²) >= 11 is 3.17. The van der Waals surface area contributed by atoms with Crippen LogP contribution in [0.15, 0.2) is 34.8 Å². The van der Waals surface area contributed by atoms with Gasteiger partial charge in [0.15, 0.2) is 0 Å². The number of aliphatic hydroxyl groups is 1. The molecule has 0 radical (unpaired) electrons. The highest BCUT2D eigenvalue weighted by Gasteiger charge is 2.15. The molecule has 0 saturated heterocycles. The van der Waals surface area contributed by atoms with Gasteiger partial charge in [0.05, 0.1) is 21.2 Å². The van der Waals surface area contributed by atoms with E-state index >= 15 is 0 Å². The van der Waals surface area contributed by atoms with E-state index in [1.54, 1.807) is 22.8 Å². The summed E-state index contributed by atoms with van der Waals surface area (Å²) in [6.07, 6.45) is 0. The first-order chi connectivity index (χ1) is 10.0. The van der Waals surface area contributed by atoms with E-state index in [9.17, 15) is 9.50 Å². The lowest BCUT2D eigenvalue weighted by Gasteiger charge is -2.12. The first-order valence-corrected chi connectivity index (χ1v) is 7.14. The van der Waals surface area contributed by atoms with Crippen LogP contribution >= 0.6 is 15.9 Å². The summed E-state index contributed by atoms with van der Waals surface area (Å²) < 4.78 is 16.0. The molecule has 0 saturated carbocycles. The predicted molar refractivity (Wildman–Crippen MR) is 83.8 cm³/mol. The van der Waals surface area contributed by atoms with E-state index in [-0.39, 0.29) is 12.4 Å². The van der Waals surface area contributed by atoms with Gasteiger partial charge in [0.25, 0.3) is 0 Å². The average molecular weight is 350 g/mol. The summed E-state index contributed by atoms with van der Waals surface area (Å²) in [7, 11) is 0. The Morgan fingerprint density at radius 2 is 2.10 bits per heavy atom. The van der Waals surface area contributed by atoms with E-state index in [0.29, 0.717) is 27.2 Å². The molecule has 0 bridgehead atoms.